The van der Waals surface area contributed by atoms with Gasteiger partial charge in [0.25, 0.3) is 19.4 Å². The molecule has 13 heteroatoms. The van der Waals surface area contributed by atoms with Crippen molar-refractivity contribution in [1.29, 1.82) is 0 Å². The fourth-order valence-electron chi connectivity index (χ4n) is 2.57. The molecule has 1 fully saturated rings. The van der Waals surface area contributed by atoms with Gasteiger partial charge in [0.05, 0.1) is 6.33 Å². The van der Waals surface area contributed by atoms with Crippen LogP contribution in [0.3, 0.4) is 0 Å². The van der Waals surface area contributed by atoms with Gasteiger partial charge in [-0.2, -0.15) is 0 Å². The fourth-order valence-corrected chi connectivity index (χ4v) is 2.72. The third kappa shape index (κ3) is 3.78. The molecule has 26 heavy (non-hydrogen) atoms. The molecule has 1 aliphatic heterocycles. The van der Waals surface area contributed by atoms with Crippen molar-refractivity contribution in [2.75, 3.05) is 11.9 Å². The highest BCUT2D eigenvalue weighted by molar-refractivity contribution is 7.80. The van der Waals surface area contributed by atoms with E-state index in [1.165, 1.54) is 10.9 Å². The van der Waals surface area contributed by atoms with E-state index in [2.05, 4.69) is 15.0 Å². The number of imidazole rings is 1. The summed E-state index contributed by atoms with van der Waals surface area (Å²) in [6.45, 7) is 0.199. The highest BCUT2D eigenvalue weighted by Crippen LogP contribution is 2.36. The Labute approximate surface area is 151 Å². The van der Waals surface area contributed by atoms with Crippen molar-refractivity contribution < 1.29 is 38.1 Å². The molecule has 12 nitrogen and oxygen atoms in total. The van der Waals surface area contributed by atoms with Gasteiger partial charge in [-0.25, -0.2) is 4.98 Å². The van der Waals surface area contributed by atoms with Gasteiger partial charge in [-0.05, 0) is 0 Å². The van der Waals surface area contributed by atoms with E-state index in [1.54, 1.807) is 0 Å². The number of aromatic nitrogens is 2. The quantitative estimate of drug-likeness (QED) is 0.252. The average Bonchev–Trinajstić information content (AvgIpc) is 3.17. The van der Waals surface area contributed by atoms with E-state index in [0.29, 0.717) is 6.41 Å². The number of anilines is 1. The second-order valence-corrected chi connectivity index (χ2v) is 5.30. The maximum atomic E-state index is 10.9. The van der Waals surface area contributed by atoms with Crippen molar-refractivity contribution >= 4 is 48.9 Å². The molecule has 0 bridgehead atoms. The standard InChI is InChI=1S/C13H14N4O8S/c14-11(26)8-12(16-3-18)17(2-15-8)13-10(24-6-21)9(23-5-20)7(25-13)1-22-4-19/h2-7,9-10,13H,1H2,(H2,14,26)(H,16,18)/t7-,9+,10+,13+/m0/s1. The second-order valence-electron chi connectivity index (χ2n) is 4.86. The SMILES string of the molecule is NC(=S)c1ncn([C@@H]2O[C@@H](COC=O)[C@@H](OC=O)[C@H]2OC=O)c1NC=O. The Morgan fingerprint density at radius 2 is 1.96 bits per heavy atom. The zero-order valence-electron chi connectivity index (χ0n) is 13.0. The molecule has 3 N–H and O–H groups in total. The van der Waals surface area contributed by atoms with Crippen LogP contribution in [-0.2, 0) is 38.1 Å². The molecule has 1 amide bonds. The van der Waals surface area contributed by atoms with Gasteiger partial charge in [-0.3, -0.25) is 23.7 Å². The van der Waals surface area contributed by atoms with E-state index in [9.17, 15) is 19.2 Å². The summed E-state index contributed by atoms with van der Waals surface area (Å²) >= 11 is 4.87. The molecule has 1 saturated heterocycles. The first-order valence-electron chi connectivity index (χ1n) is 7.04. The summed E-state index contributed by atoms with van der Waals surface area (Å²) in [5.41, 5.74) is 5.66. The number of rotatable bonds is 11. The molecule has 140 valence electrons. The van der Waals surface area contributed by atoms with E-state index in [-0.39, 0.29) is 42.5 Å². The molecule has 0 unspecified atom stereocenters. The molecule has 1 aliphatic rings. The van der Waals surface area contributed by atoms with Crippen molar-refractivity contribution in [3.8, 4) is 0 Å². The number of amides is 1. The topological polar surface area (TPSA) is 161 Å². The van der Waals surface area contributed by atoms with Gasteiger partial charge in [-0.15, -0.1) is 0 Å². The predicted molar refractivity (Wildman–Crippen MR) is 85.6 cm³/mol. The Morgan fingerprint density at radius 1 is 1.27 bits per heavy atom. The van der Waals surface area contributed by atoms with Crippen molar-refractivity contribution in [2.24, 2.45) is 5.73 Å². The first-order valence-corrected chi connectivity index (χ1v) is 7.45. The Bertz CT molecular complexity index is 696. The van der Waals surface area contributed by atoms with Crippen LogP contribution in [0.1, 0.15) is 11.9 Å². The minimum Gasteiger partial charge on any atom is -0.465 e. The monoisotopic (exact) mass is 386 g/mol. The summed E-state index contributed by atoms with van der Waals surface area (Å²) in [6, 6.07) is 0. The van der Waals surface area contributed by atoms with Crippen molar-refractivity contribution in [3.05, 3.63) is 12.0 Å². The van der Waals surface area contributed by atoms with Gasteiger partial charge in [0.15, 0.2) is 18.4 Å². The lowest BCUT2D eigenvalue weighted by molar-refractivity contribution is -0.152. The zero-order valence-corrected chi connectivity index (χ0v) is 13.9. The van der Waals surface area contributed by atoms with Gasteiger partial charge in [0, 0.05) is 0 Å². The van der Waals surface area contributed by atoms with Crippen molar-refractivity contribution in [2.45, 2.75) is 24.5 Å². The third-order valence-electron chi connectivity index (χ3n) is 3.54. The van der Waals surface area contributed by atoms with E-state index < -0.39 is 24.5 Å². The summed E-state index contributed by atoms with van der Waals surface area (Å²) < 4.78 is 21.5. The average molecular weight is 386 g/mol. The smallest absolute Gasteiger partial charge is 0.293 e. The Hall–Kier alpha value is -3.06. The van der Waals surface area contributed by atoms with Crippen LogP contribution in [0, 0.1) is 0 Å². The van der Waals surface area contributed by atoms with E-state index in [0.717, 1.165) is 0 Å². The molecule has 2 rings (SSSR count). The number of hydrogen-bond acceptors (Lipinski definition) is 10. The number of carbonyl (C=O) groups excluding carboxylic acids is 4. The molecule has 0 aliphatic carbocycles. The Balaban J connectivity index is 2.43. The second kappa shape index (κ2) is 8.87. The highest BCUT2D eigenvalue weighted by atomic mass is 32.1. The minimum atomic E-state index is -1.13. The molecule has 1 aromatic rings. The number of thiocarbonyl (C=S) groups is 1. The van der Waals surface area contributed by atoms with Crippen LogP contribution in [0.5, 0.6) is 0 Å². The molecule has 4 atom stereocenters. The largest absolute Gasteiger partial charge is 0.465 e. The lowest BCUT2D eigenvalue weighted by Gasteiger charge is -2.22. The first-order chi connectivity index (χ1) is 12.6. The minimum absolute atomic E-state index is 0.0822. The van der Waals surface area contributed by atoms with Crippen LogP contribution in [-0.4, -0.2) is 65.3 Å². The number of carbonyl (C=O) groups is 4. The van der Waals surface area contributed by atoms with Crippen molar-refractivity contribution in [1.82, 2.24) is 9.55 Å². The summed E-state index contributed by atoms with van der Waals surface area (Å²) in [7, 11) is 0. The van der Waals surface area contributed by atoms with E-state index >= 15 is 0 Å². The predicted octanol–water partition coefficient (Wildman–Crippen LogP) is -1.76. The maximum absolute atomic E-state index is 10.9. The number of ether oxygens (including phenoxy) is 4. The van der Waals surface area contributed by atoms with Gasteiger partial charge >= 0.3 is 0 Å². The molecular formula is C13H14N4O8S. The third-order valence-corrected chi connectivity index (χ3v) is 3.73. The first kappa shape index (κ1) is 19.3. The molecular weight excluding hydrogens is 372 g/mol. The lowest BCUT2D eigenvalue weighted by Crippen LogP contribution is -2.38. The van der Waals surface area contributed by atoms with Crippen LogP contribution in [0.2, 0.25) is 0 Å². The summed E-state index contributed by atoms with van der Waals surface area (Å²) in [5.74, 6) is 0.0822. The van der Waals surface area contributed by atoms with Crippen LogP contribution >= 0.6 is 12.2 Å². The van der Waals surface area contributed by atoms with Crippen LogP contribution in [0.15, 0.2) is 6.33 Å². The summed E-state index contributed by atoms with van der Waals surface area (Å²) in [4.78, 5) is 46.9. The lowest BCUT2D eigenvalue weighted by atomic mass is 10.1. The number of hydrogen-bond donors (Lipinski definition) is 2. The molecule has 2 heterocycles. The number of nitrogens with one attached hydrogen (secondary N) is 1. The molecule has 0 aromatic carbocycles. The van der Waals surface area contributed by atoms with E-state index in [1.807, 2.05) is 0 Å². The number of nitrogens with zero attached hydrogens (tertiary/aromatic N) is 2. The van der Waals surface area contributed by atoms with Crippen molar-refractivity contribution in [3.63, 3.8) is 0 Å². The van der Waals surface area contributed by atoms with Gasteiger partial charge < -0.3 is 30.0 Å². The van der Waals surface area contributed by atoms with Gasteiger partial charge in [-0.1, -0.05) is 12.2 Å². The fraction of sp³-hybridized carbons (Fsp3) is 0.385. The van der Waals surface area contributed by atoms with Crippen LogP contribution in [0.25, 0.3) is 0 Å². The molecule has 0 spiro atoms. The maximum Gasteiger partial charge on any atom is 0.293 e. The van der Waals surface area contributed by atoms with Gasteiger partial charge in [0.2, 0.25) is 6.41 Å². The zero-order chi connectivity index (χ0) is 19.1. The van der Waals surface area contributed by atoms with Gasteiger partial charge in [0.1, 0.15) is 29.2 Å². The Morgan fingerprint density at radius 3 is 2.54 bits per heavy atom. The highest BCUT2D eigenvalue weighted by Gasteiger charge is 2.50. The summed E-state index contributed by atoms with van der Waals surface area (Å²) in [5, 5.41) is 2.38. The Kier molecular flexibility index (Phi) is 6.57. The molecule has 1 aromatic heterocycles. The van der Waals surface area contributed by atoms with Crippen LogP contribution in [0.4, 0.5) is 5.82 Å². The molecule has 0 saturated carbocycles. The summed E-state index contributed by atoms with van der Waals surface area (Å²) in [6.07, 6.45) is -2.62. The van der Waals surface area contributed by atoms with Crippen LogP contribution < -0.4 is 11.1 Å². The van der Waals surface area contributed by atoms with E-state index in [4.69, 9.17) is 32.2 Å². The molecule has 0 radical (unpaired) electrons. The normalized spacial score (nSPS) is 24.3. The number of nitrogens with two attached hydrogens (primary N) is 1.